The van der Waals surface area contributed by atoms with E-state index >= 15 is 0 Å². The second-order valence-electron chi connectivity index (χ2n) is 9.24. The summed E-state index contributed by atoms with van der Waals surface area (Å²) in [6, 6.07) is 26.5. The smallest absolute Gasteiger partial charge is 0.211 e. The van der Waals surface area contributed by atoms with Crippen molar-refractivity contribution >= 4 is 15.7 Å². The Balaban J connectivity index is 1.59. The molecule has 0 fully saturated rings. The Hall–Kier alpha value is -3.42. The molecule has 0 saturated carbocycles. The highest BCUT2D eigenvalue weighted by Crippen LogP contribution is 2.34. The molecular formula is C28H30N4O2S. The number of benzene rings is 3. The molecule has 180 valence electrons. The molecule has 1 aliphatic heterocycles. The molecule has 0 spiro atoms. The van der Waals surface area contributed by atoms with Gasteiger partial charge in [-0.3, -0.25) is 0 Å². The van der Waals surface area contributed by atoms with Crippen molar-refractivity contribution in [2.24, 2.45) is 0 Å². The first-order valence-electron chi connectivity index (χ1n) is 11.8. The number of rotatable bonds is 6. The first kappa shape index (κ1) is 23.3. The fourth-order valence-corrected chi connectivity index (χ4v) is 5.98. The van der Waals surface area contributed by atoms with Crippen molar-refractivity contribution in [3.8, 4) is 11.1 Å². The van der Waals surface area contributed by atoms with E-state index in [0.29, 0.717) is 26.1 Å². The van der Waals surface area contributed by atoms with E-state index in [1.807, 2.05) is 49.5 Å². The van der Waals surface area contributed by atoms with Crippen LogP contribution in [0.25, 0.3) is 11.1 Å². The quantitative estimate of drug-likeness (QED) is 0.426. The van der Waals surface area contributed by atoms with Crippen LogP contribution in [0.5, 0.6) is 0 Å². The summed E-state index contributed by atoms with van der Waals surface area (Å²) in [5.74, 6) is 0.869. The second kappa shape index (κ2) is 9.68. The van der Waals surface area contributed by atoms with Crippen LogP contribution >= 0.6 is 0 Å². The van der Waals surface area contributed by atoms with Gasteiger partial charge in [0.2, 0.25) is 10.0 Å². The summed E-state index contributed by atoms with van der Waals surface area (Å²) >= 11 is 0. The zero-order valence-corrected chi connectivity index (χ0v) is 20.9. The fourth-order valence-electron chi connectivity index (χ4n) is 4.92. The van der Waals surface area contributed by atoms with Crippen molar-refractivity contribution in [3.05, 3.63) is 108 Å². The van der Waals surface area contributed by atoms with Gasteiger partial charge in [0.25, 0.3) is 0 Å². The summed E-state index contributed by atoms with van der Waals surface area (Å²) < 4.78 is 27.8. The maximum absolute atomic E-state index is 13.1. The molecule has 5 rings (SSSR count). The number of aromatic amines is 1. The molecule has 0 saturated heterocycles. The Morgan fingerprint density at radius 2 is 1.69 bits per heavy atom. The van der Waals surface area contributed by atoms with Crippen LogP contribution in [0.15, 0.2) is 85.1 Å². The lowest BCUT2D eigenvalue weighted by Crippen LogP contribution is -2.45. The molecule has 35 heavy (non-hydrogen) atoms. The van der Waals surface area contributed by atoms with Crippen LogP contribution in [-0.4, -0.2) is 41.5 Å². The maximum Gasteiger partial charge on any atom is 0.211 e. The normalized spacial score (nSPS) is 16.6. The van der Waals surface area contributed by atoms with Crippen molar-refractivity contribution in [2.45, 2.75) is 32.5 Å². The average Bonchev–Trinajstić information content (AvgIpc) is 3.19. The number of imidazole rings is 1. The Bertz CT molecular complexity index is 1400. The summed E-state index contributed by atoms with van der Waals surface area (Å²) in [5, 5.41) is 0. The van der Waals surface area contributed by atoms with Gasteiger partial charge in [-0.1, -0.05) is 66.7 Å². The first-order chi connectivity index (χ1) is 16.9. The summed E-state index contributed by atoms with van der Waals surface area (Å²) in [6.45, 7) is 3.49. The monoisotopic (exact) mass is 486 g/mol. The molecule has 1 N–H and O–H groups in total. The maximum atomic E-state index is 13.1. The zero-order chi connectivity index (χ0) is 24.4. The lowest BCUT2D eigenvalue weighted by atomic mass is 10.0. The van der Waals surface area contributed by atoms with Crippen LogP contribution < -0.4 is 4.90 Å². The molecule has 4 aromatic rings. The third-order valence-electron chi connectivity index (χ3n) is 6.55. The minimum Gasteiger partial charge on any atom is -0.364 e. The molecular weight excluding hydrogens is 456 g/mol. The molecule has 0 aliphatic carbocycles. The number of fused-ring (bicyclic) bond motifs is 1. The Morgan fingerprint density at radius 1 is 0.971 bits per heavy atom. The topological polar surface area (TPSA) is 69.3 Å². The third-order valence-corrected chi connectivity index (χ3v) is 7.83. The molecule has 7 heteroatoms. The number of hydrogen-bond donors (Lipinski definition) is 1. The number of H-pyrrole nitrogens is 1. The predicted molar refractivity (Wildman–Crippen MR) is 141 cm³/mol. The molecule has 1 aliphatic rings. The summed E-state index contributed by atoms with van der Waals surface area (Å²) in [7, 11) is -3.44. The van der Waals surface area contributed by atoms with Crippen molar-refractivity contribution in [3.63, 3.8) is 0 Å². The summed E-state index contributed by atoms with van der Waals surface area (Å²) in [5.41, 5.74) is 6.38. The molecule has 0 unspecified atom stereocenters. The molecule has 1 atom stereocenters. The molecule has 0 bridgehead atoms. The fraction of sp³-hybridized carbons (Fsp3) is 0.250. The van der Waals surface area contributed by atoms with Crippen molar-refractivity contribution in [1.82, 2.24) is 14.3 Å². The van der Waals surface area contributed by atoms with Gasteiger partial charge in [0.05, 0.1) is 24.7 Å². The van der Waals surface area contributed by atoms with E-state index in [0.717, 1.165) is 39.5 Å². The van der Waals surface area contributed by atoms with Crippen molar-refractivity contribution < 1.29 is 8.42 Å². The van der Waals surface area contributed by atoms with Crippen molar-refractivity contribution in [1.29, 1.82) is 0 Å². The van der Waals surface area contributed by atoms with Gasteiger partial charge in [0, 0.05) is 24.8 Å². The molecule has 0 amide bonds. The van der Waals surface area contributed by atoms with E-state index < -0.39 is 10.0 Å². The Kier molecular flexibility index (Phi) is 6.45. The van der Waals surface area contributed by atoms with Crippen LogP contribution in [0.3, 0.4) is 0 Å². The highest BCUT2D eigenvalue weighted by Gasteiger charge is 2.33. The van der Waals surface area contributed by atoms with E-state index in [9.17, 15) is 8.42 Å². The Morgan fingerprint density at radius 3 is 2.34 bits per heavy atom. The lowest BCUT2D eigenvalue weighted by Gasteiger charge is -2.31. The third kappa shape index (κ3) is 5.31. The number of aryl methyl sites for hydroxylation is 1. The predicted octanol–water partition coefficient (Wildman–Crippen LogP) is 4.78. The van der Waals surface area contributed by atoms with Crippen LogP contribution in [0.4, 0.5) is 5.69 Å². The van der Waals surface area contributed by atoms with E-state index in [1.165, 1.54) is 6.26 Å². The standard InChI is InChI=1S/C28H30N4O2S/c1-21-29-17-26(30-21)19-31-20-27(15-22-9-5-3-6-10-22)32(35(2,33)34)18-25-16-24(13-14-28(25)31)23-11-7-4-8-12-23/h3-14,16-17,27H,15,18-20H2,1-2H3,(H,29,30)/t27-/m1/s1. The largest absolute Gasteiger partial charge is 0.364 e. The van der Waals surface area contributed by atoms with Gasteiger partial charge in [0.1, 0.15) is 5.82 Å². The molecule has 2 heterocycles. The lowest BCUT2D eigenvalue weighted by molar-refractivity contribution is 0.320. The average molecular weight is 487 g/mol. The van der Waals surface area contributed by atoms with Gasteiger partial charge < -0.3 is 9.88 Å². The second-order valence-corrected chi connectivity index (χ2v) is 11.2. The molecule has 1 aromatic heterocycles. The summed E-state index contributed by atoms with van der Waals surface area (Å²) in [4.78, 5) is 9.99. The molecule has 0 radical (unpaired) electrons. The number of aromatic nitrogens is 2. The van der Waals surface area contributed by atoms with Gasteiger partial charge in [-0.2, -0.15) is 4.31 Å². The van der Waals surface area contributed by atoms with Crippen LogP contribution in [0.2, 0.25) is 0 Å². The number of sulfonamides is 1. The van der Waals surface area contributed by atoms with Gasteiger partial charge in [-0.05, 0) is 47.7 Å². The highest BCUT2D eigenvalue weighted by atomic mass is 32.2. The highest BCUT2D eigenvalue weighted by molar-refractivity contribution is 7.88. The number of anilines is 1. The Labute approximate surface area is 207 Å². The van der Waals surface area contributed by atoms with E-state index in [1.54, 1.807) is 4.31 Å². The number of nitrogens with one attached hydrogen (secondary N) is 1. The summed E-state index contributed by atoms with van der Waals surface area (Å²) in [6.07, 6.45) is 3.82. The SMILES string of the molecule is Cc1ncc(CN2C[C@@H](Cc3ccccc3)N(S(C)(=O)=O)Cc3cc(-c4ccccc4)ccc32)[nH]1. The van der Waals surface area contributed by atoms with Gasteiger partial charge >= 0.3 is 0 Å². The van der Waals surface area contributed by atoms with Gasteiger partial charge in [0.15, 0.2) is 0 Å². The van der Waals surface area contributed by atoms with E-state index in [-0.39, 0.29) is 6.04 Å². The van der Waals surface area contributed by atoms with Crippen molar-refractivity contribution in [2.75, 3.05) is 17.7 Å². The van der Waals surface area contributed by atoms with Crippen LogP contribution in [-0.2, 0) is 29.5 Å². The van der Waals surface area contributed by atoms with Gasteiger partial charge in [-0.25, -0.2) is 13.4 Å². The first-order valence-corrected chi connectivity index (χ1v) is 13.7. The number of hydrogen-bond acceptors (Lipinski definition) is 4. The molecule has 6 nitrogen and oxygen atoms in total. The van der Waals surface area contributed by atoms with Gasteiger partial charge in [-0.15, -0.1) is 0 Å². The minimum atomic E-state index is -3.44. The molecule has 3 aromatic carbocycles. The number of nitrogens with zero attached hydrogens (tertiary/aromatic N) is 3. The minimum absolute atomic E-state index is 0.205. The van der Waals surface area contributed by atoms with E-state index in [4.69, 9.17) is 0 Å². The van der Waals surface area contributed by atoms with Crippen LogP contribution in [0.1, 0.15) is 22.6 Å². The van der Waals surface area contributed by atoms with E-state index in [2.05, 4.69) is 57.3 Å². The zero-order valence-electron chi connectivity index (χ0n) is 20.1. The van der Waals surface area contributed by atoms with Crippen LogP contribution in [0, 0.1) is 6.92 Å².